The molecule has 0 aromatic carbocycles. The van der Waals surface area contributed by atoms with Crippen molar-refractivity contribution in [3.05, 3.63) is 11.5 Å². The molecule has 1 saturated heterocycles. The molecule has 2 heterocycles. The summed E-state index contributed by atoms with van der Waals surface area (Å²) in [6.07, 6.45) is -4.45. The third kappa shape index (κ3) is 4.06. The van der Waals surface area contributed by atoms with Gasteiger partial charge in [-0.25, -0.2) is 9.55 Å². The van der Waals surface area contributed by atoms with Crippen LogP contribution in [-0.4, -0.2) is 72.0 Å². The highest BCUT2D eigenvalue weighted by molar-refractivity contribution is 7.50. The number of rotatable bonds is 5. The summed E-state index contributed by atoms with van der Waals surface area (Å²) in [6.45, 7) is -0.483. The summed E-state index contributed by atoms with van der Waals surface area (Å²) in [5.41, 5.74) is 5.78. The molecule has 13 heteroatoms. The maximum absolute atomic E-state index is 11.6. The lowest BCUT2D eigenvalue weighted by molar-refractivity contribution is -0.0217. The molecule has 1 aromatic heterocycles. The van der Waals surface area contributed by atoms with E-state index in [1.165, 1.54) is 5.09 Å². The average Bonchev–Trinajstić information content (AvgIpc) is 2.93. The standard InChI is InChI=1S/C10H17N4O8P/c11-8-3(1-4-6(16)7(17)5(2-15)22-4)12-9(13-8)10(18)14-23(19,20)21/h4-7,15-17H,1-2,11H2,(H,12,13)(H3,14,18,19,20,21)/t4?,5-,6+,7-/m1/s1. The van der Waals surface area contributed by atoms with Crippen molar-refractivity contribution in [2.24, 2.45) is 0 Å². The number of hydrogen-bond acceptors (Lipinski definition) is 8. The van der Waals surface area contributed by atoms with Crippen LogP contribution in [0.15, 0.2) is 0 Å². The molecule has 1 unspecified atom stereocenters. The number of ether oxygens (including phenoxy) is 1. The predicted molar refractivity (Wildman–Crippen MR) is 74.0 cm³/mol. The van der Waals surface area contributed by atoms with E-state index in [2.05, 4.69) is 9.97 Å². The van der Waals surface area contributed by atoms with Crippen LogP contribution in [0.4, 0.5) is 5.82 Å². The van der Waals surface area contributed by atoms with Crippen LogP contribution in [-0.2, 0) is 15.7 Å². The Morgan fingerprint density at radius 2 is 1.96 bits per heavy atom. The number of amides is 1. The number of carbonyl (C=O) groups excluding carboxylic acids is 1. The van der Waals surface area contributed by atoms with Crippen LogP contribution in [0, 0.1) is 0 Å². The number of anilines is 1. The highest BCUT2D eigenvalue weighted by Gasteiger charge is 2.42. The monoisotopic (exact) mass is 352 g/mol. The molecule has 1 amide bonds. The lowest BCUT2D eigenvalue weighted by atomic mass is 10.0. The first-order chi connectivity index (χ1) is 10.6. The third-order valence-corrected chi connectivity index (χ3v) is 3.81. The van der Waals surface area contributed by atoms with Gasteiger partial charge in [-0.3, -0.25) is 9.88 Å². The number of carbonyl (C=O) groups is 1. The molecule has 12 nitrogen and oxygen atoms in total. The Morgan fingerprint density at radius 1 is 1.35 bits per heavy atom. The van der Waals surface area contributed by atoms with Gasteiger partial charge in [-0.2, -0.15) is 0 Å². The van der Waals surface area contributed by atoms with E-state index in [1.807, 2.05) is 0 Å². The van der Waals surface area contributed by atoms with Crippen LogP contribution in [0.2, 0.25) is 0 Å². The van der Waals surface area contributed by atoms with Gasteiger partial charge >= 0.3 is 7.75 Å². The Labute approximate surface area is 129 Å². The normalized spacial score (nSPS) is 28.0. The van der Waals surface area contributed by atoms with E-state index in [-0.39, 0.29) is 17.9 Å². The lowest BCUT2D eigenvalue weighted by Crippen LogP contribution is -2.34. The highest BCUT2D eigenvalue weighted by Crippen LogP contribution is 2.29. The second kappa shape index (κ2) is 6.53. The smallest absolute Gasteiger partial charge is 0.394 e. The summed E-state index contributed by atoms with van der Waals surface area (Å²) in [5, 5.41) is 29.9. The largest absolute Gasteiger partial charge is 0.430 e. The van der Waals surface area contributed by atoms with Crippen molar-refractivity contribution in [1.82, 2.24) is 15.1 Å². The van der Waals surface area contributed by atoms with Crippen molar-refractivity contribution < 1.29 is 39.2 Å². The van der Waals surface area contributed by atoms with Crippen LogP contribution in [0.5, 0.6) is 0 Å². The number of hydrogen-bond donors (Lipinski definition) is 8. The Hall–Kier alpha value is -1.53. The predicted octanol–water partition coefficient (Wildman–Crippen LogP) is -3.16. The fraction of sp³-hybridized carbons (Fsp3) is 0.600. The molecule has 2 rings (SSSR count). The SMILES string of the molecule is Nc1nc(C(=O)NP(=O)(O)O)[nH]c1CC1O[C@H](CO)[C@@H](O)[C@H]1O. The summed E-state index contributed by atoms with van der Waals surface area (Å²) in [4.78, 5) is 35.0. The minimum Gasteiger partial charge on any atom is -0.394 e. The van der Waals surface area contributed by atoms with Crippen LogP contribution in [0.25, 0.3) is 0 Å². The van der Waals surface area contributed by atoms with Gasteiger partial charge in [0.2, 0.25) is 0 Å². The van der Waals surface area contributed by atoms with Crippen molar-refractivity contribution in [1.29, 1.82) is 0 Å². The summed E-state index contributed by atoms with van der Waals surface area (Å²) in [5.74, 6) is -1.70. The van der Waals surface area contributed by atoms with Gasteiger partial charge < -0.3 is 40.6 Å². The van der Waals surface area contributed by atoms with E-state index in [0.717, 1.165) is 0 Å². The van der Waals surface area contributed by atoms with Gasteiger partial charge in [0.25, 0.3) is 5.91 Å². The topological polar surface area (TPSA) is 211 Å². The van der Waals surface area contributed by atoms with E-state index in [1.54, 1.807) is 0 Å². The van der Waals surface area contributed by atoms with E-state index < -0.39 is 50.5 Å². The molecule has 1 aromatic rings. The number of nitrogens with one attached hydrogen (secondary N) is 2. The second-order valence-corrected chi connectivity index (χ2v) is 6.33. The Balaban J connectivity index is 2.10. The molecule has 23 heavy (non-hydrogen) atoms. The Morgan fingerprint density at radius 3 is 2.48 bits per heavy atom. The first kappa shape index (κ1) is 17.8. The molecular formula is C10H17N4O8P. The van der Waals surface area contributed by atoms with Gasteiger partial charge in [0.1, 0.15) is 24.1 Å². The van der Waals surface area contributed by atoms with Gasteiger partial charge in [-0.1, -0.05) is 0 Å². The first-order valence-corrected chi connectivity index (χ1v) is 8.08. The van der Waals surface area contributed by atoms with Gasteiger partial charge in [-0.05, 0) is 0 Å². The Bertz CT molecular complexity index is 630. The first-order valence-electron chi connectivity index (χ1n) is 6.47. The lowest BCUT2D eigenvalue weighted by Gasteiger charge is -2.13. The minimum absolute atomic E-state index is 0.0588. The van der Waals surface area contributed by atoms with Crippen LogP contribution >= 0.6 is 7.75 Å². The average molecular weight is 352 g/mol. The number of nitrogen functional groups attached to an aromatic ring is 1. The molecule has 1 fully saturated rings. The Kier molecular flexibility index (Phi) is 5.06. The number of imidazole rings is 1. The molecule has 0 aliphatic carbocycles. The van der Waals surface area contributed by atoms with Crippen molar-refractivity contribution >= 4 is 19.5 Å². The molecule has 130 valence electrons. The van der Waals surface area contributed by atoms with Crippen LogP contribution in [0.1, 0.15) is 16.3 Å². The van der Waals surface area contributed by atoms with Crippen molar-refractivity contribution in [2.45, 2.75) is 30.8 Å². The minimum atomic E-state index is -4.78. The number of nitrogens with two attached hydrogens (primary N) is 1. The van der Waals surface area contributed by atoms with Crippen LogP contribution < -0.4 is 10.8 Å². The number of nitrogens with zero attached hydrogens (tertiary/aromatic N) is 1. The van der Waals surface area contributed by atoms with E-state index in [0.29, 0.717) is 0 Å². The molecule has 1 aliphatic rings. The van der Waals surface area contributed by atoms with E-state index in [4.69, 9.17) is 25.4 Å². The zero-order valence-electron chi connectivity index (χ0n) is 11.7. The number of aliphatic hydroxyl groups is 3. The van der Waals surface area contributed by atoms with E-state index in [9.17, 15) is 19.6 Å². The van der Waals surface area contributed by atoms with Crippen molar-refractivity contribution in [3.63, 3.8) is 0 Å². The van der Waals surface area contributed by atoms with Crippen molar-refractivity contribution in [3.8, 4) is 0 Å². The molecule has 0 saturated carbocycles. The zero-order valence-corrected chi connectivity index (χ0v) is 12.6. The number of aromatic nitrogens is 2. The van der Waals surface area contributed by atoms with E-state index >= 15 is 0 Å². The van der Waals surface area contributed by atoms with Gasteiger partial charge in [-0.15, -0.1) is 0 Å². The molecule has 0 bridgehead atoms. The number of aromatic amines is 1. The van der Waals surface area contributed by atoms with Crippen molar-refractivity contribution in [2.75, 3.05) is 12.3 Å². The fourth-order valence-corrected chi connectivity index (χ4v) is 2.59. The maximum Gasteiger partial charge on any atom is 0.430 e. The third-order valence-electron chi connectivity index (χ3n) is 3.32. The quantitative estimate of drug-likeness (QED) is 0.249. The van der Waals surface area contributed by atoms with Gasteiger partial charge in [0, 0.05) is 6.42 Å². The fourth-order valence-electron chi connectivity index (χ4n) is 2.22. The number of H-pyrrole nitrogens is 1. The molecule has 0 radical (unpaired) electrons. The highest BCUT2D eigenvalue weighted by atomic mass is 31.2. The maximum atomic E-state index is 11.6. The van der Waals surface area contributed by atoms with Gasteiger partial charge in [0.05, 0.1) is 18.4 Å². The molecular weight excluding hydrogens is 335 g/mol. The van der Waals surface area contributed by atoms with Crippen LogP contribution in [0.3, 0.4) is 0 Å². The summed E-state index contributed by atoms with van der Waals surface area (Å²) >= 11 is 0. The zero-order chi connectivity index (χ0) is 17.4. The summed E-state index contributed by atoms with van der Waals surface area (Å²) in [7, 11) is -4.78. The molecule has 4 atom stereocenters. The molecule has 1 aliphatic heterocycles. The second-order valence-electron chi connectivity index (χ2n) is 5.02. The number of aliphatic hydroxyl groups excluding tert-OH is 3. The summed E-state index contributed by atoms with van der Waals surface area (Å²) in [6, 6.07) is 0. The summed E-state index contributed by atoms with van der Waals surface area (Å²) < 4.78 is 16.0. The molecule has 0 spiro atoms. The molecule has 9 N–H and O–H groups in total. The van der Waals surface area contributed by atoms with Gasteiger partial charge in [0.15, 0.2) is 5.82 Å².